The molecule has 1 nitrogen and oxygen atoms in total. The van der Waals surface area contributed by atoms with Gasteiger partial charge in [0.15, 0.2) is 0 Å². The summed E-state index contributed by atoms with van der Waals surface area (Å²) in [6.07, 6.45) is -4.37. The number of para-hydroxylation sites is 1. The monoisotopic (exact) mass is 284 g/mol. The highest BCUT2D eigenvalue weighted by atomic mass is 31.1. The predicted molar refractivity (Wildman–Crippen MR) is 71.9 cm³/mol. The normalized spacial score (nSPS) is 12.2. The maximum Gasteiger partial charge on any atom is 0.417 e. The molecule has 0 saturated heterocycles. The molecule has 2 aromatic carbocycles. The molecule has 2 rings (SSSR count). The number of hydrogen-bond donors (Lipinski definition) is 1. The molecule has 0 saturated carbocycles. The first kappa shape index (κ1) is 13.9. The van der Waals surface area contributed by atoms with Crippen molar-refractivity contribution in [2.24, 2.45) is 0 Å². The van der Waals surface area contributed by atoms with Gasteiger partial charge in [0, 0.05) is 5.30 Å². The summed E-state index contributed by atoms with van der Waals surface area (Å²) >= 11 is 0. The number of alkyl halides is 3. The van der Waals surface area contributed by atoms with Crippen LogP contribution >= 0.6 is 8.58 Å². The topological polar surface area (TPSA) is 20.2 Å². The SMILES string of the molecule is Cc1cccc(Pc2ccccc2C(F)(F)F)c1O. The van der Waals surface area contributed by atoms with Crippen molar-refractivity contribution in [1.29, 1.82) is 0 Å². The summed E-state index contributed by atoms with van der Waals surface area (Å²) in [6.45, 7) is 1.72. The molecule has 0 aliphatic rings. The highest BCUT2D eigenvalue weighted by Gasteiger charge is 2.33. The van der Waals surface area contributed by atoms with Crippen molar-refractivity contribution in [3.8, 4) is 5.75 Å². The predicted octanol–water partition coefficient (Wildman–Crippen LogP) is 3.35. The zero-order valence-corrected chi connectivity index (χ0v) is 11.1. The van der Waals surface area contributed by atoms with Gasteiger partial charge in [0.1, 0.15) is 5.75 Å². The van der Waals surface area contributed by atoms with Crippen LogP contribution in [0.1, 0.15) is 11.1 Å². The summed E-state index contributed by atoms with van der Waals surface area (Å²) in [7, 11) is -0.226. The third-order valence-electron chi connectivity index (χ3n) is 2.74. The lowest BCUT2D eigenvalue weighted by molar-refractivity contribution is -0.136. The quantitative estimate of drug-likeness (QED) is 0.838. The van der Waals surface area contributed by atoms with Gasteiger partial charge in [0.25, 0.3) is 0 Å². The van der Waals surface area contributed by atoms with Gasteiger partial charge in [-0.2, -0.15) is 13.2 Å². The van der Waals surface area contributed by atoms with E-state index in [9.17, 15) is 18.3 Å². The zero-order chi connectivity index (χ0) is 14.0. The first-order valence-electron chi connectivity index (χ1n) is 5.61. The van der Waals surface area contributed by atoms with E-state index >= 15 is 0 Å². The lowest BCUT2D eigenvalue weighted by Gasteiger charge is -2.13. The number of halogens is 3. The lowest BCUT2D eigenvalue weighted by Crippen LogP contribution is -2.17. The fourth-order valence-electron chi connectivity index (χ4n) is 1.74. The summed E-state index contributed by atoms with van der Waals surface area (Å²) in [5.74, 6) is 0.0674. The molecule has 19 heavy (non-hydrogen) atoms. The van der Waals surface area contributed by atoms with Crippen LogP contribution in [0.25, 0.3) is 0 Å². The van der Waals surface area contributed by atoms with Crippen LogP contribution in [0, 0.1) is 6.92 Å². The first-order valence-corrected chi connectivity index (χ1v) is 6.61. The Labute approximate surface area is 110 Å². The number of hydrogen-bond acceptors (Lipinski definition) is 1. The van der Waals surface area contributed by atoms with Crippen LogP contribution < -0.4 is 10.6 Å². The average Bonchev–Trinajstić information content (AvgIpc) is 2.34. The molecular formula is C14H12F3OP. The minimum absolute atomic E-state index is 0.0674. The fourth-order valence-corrected chi connectivity index (χ4v) is 3.07. The van der Waals surface area contributed by atoms with E-state index in [1.165, 1.54) is 12.1 Å². The highest BCUT2D eigenvalue weighted by molar-refractivity contribution is 7.55. The van der Waals surface area contributed by atoms with E-state index in [0.29, 0.717) is 10.9 Å². The Morgan fingerprint density at radius 3 is 2.26 bits per heavy atom. The summed E-state index contributed by atoms with van der Waals surface area (Å²) in [5.41, 5.74) is 0.0173. The summed E-state index contributed by atoms with van der Waals surface area (Å²) in [6, 6.07) is 10.6. The van der Waals surface area contributed by atoms with Crippen LogP contribution in [0.2, 0.25) is 0 Å². The maximum absolute atomic E-state index is 12.9. The second-order valence-corrected chi connectivity index (χ2v) is 5.47. The molecule has 100 valence electrons. The second kappa shape index (κ2) is 5.22. The van der Waals surface area contributed by atoms with Gasteiger partial charge in [-0.15, -0.1) is 0 Å². The maximum atomic E-state index is 12.9. The number of phenolic OH excluding ortho intramolecular Hbond substituents is 1. The van der Waals surface area contributed by atoms with Crippen LogP contribution in [-0.2, 0) is 6.18 Å². The Balaban J connectivity index is 2.42. The molecule has 0 fully saturated rings. The van der Waals surface area contributed by atoms with Crippen molar-refractivity contribution in [3.05, 3.63) is 53.6 Å². The van der Waals surface area contributed by atoms with Crippen molar-refractivity contribution in [2.45, 2.75) is 13.1 Å². The minimum Gasteiger partial charge on any atom is -0.507 e. The molecule has 2 aromatic rings. The van der Waals surface area contributed by atoms with Gasteiger partial charge < -0.3 is 5.11 Å². The molecule has 0 amide bonds. The molecule has 0 aliphatic carbocycles. The van der Waals surface area contributed by atoms with Crippen molar-refractivity contribution in [2.75, 3.05) is 0 Å². The summed E-state index contributed by atoms with van der Waals surface area (Å²) in [4.78, 5) is 0. The molecule has 0 aromatic heterocycles. The number of aromatic hydroxyl groups is 1. The van der Waals surface area contributed by atoms with E-state index in [1.807, 2.05) is 0 Å². The van der Waals surface area contributed by atoms with Crippen molar-refractivity contribution in [3.63, 3.8) is 0 Å². The molecule has 1 unspecified atom stereocenters. The lowest BCUT2D eigenvalue weighted by atomic mass is 10.2. The van der Waals surface area contributed by atoms with Crippen LogP contribution in [0.3, 0.4) is 0 Å². The number of phenols is 1. The van der Waals surface area contributed by atoms with Gasteiger partial charge in [0.2, 0.25) is 0 Å². The van der Waals surface area contributed by atoms with Crippen molar-refractivity contribution >= 4 is 19.2 Å². The Bertz CT molecular complexity index is 593. The fraction of sp³-hybridized carbons (Fsp3) is 0.143. The van der Waals surface area contributed by atoms with Gasteiger partial charge in [-0.1, -0.05) is 45.0 Å². The van der Waals surface area contributed by atoms with Gasteiger partial charge in [-0.05, 0) is 23.9 Å². The largest absolute Gasteiger partial charge is 0.507 e. The van der Waals surface area contributed by atoms with Gasteiger partial charge >= 0.3 is 6.18 Å². The van der Waals surface area contributed by atoms with Crippen LogP contribution in [-0.4, -0.2) is 5.11 Å². The van der Waals surface area contributed by atoms with Crippen LogP contribution in [0.4, 0.5) is 13.2 Å². The van der Waals surface area contributed by atoms with Crippen molar-refractivity contribution in [1.82, 2.24) is 0 Å². The van der Waals surface area contributed by atoms with Crippen LogP contribution in [0.15, 0.2) is 42.5 Å². The second-order valence-electron chi connectivity index (χ2n) is 4.14. The standard InChI is InChI=1S/C14H12F3OP/c1-9-5-4-8-12(13(9)18)19-11-7-3-2-6-10(11)14(15,16)17/h2-8,18-19H,1H3. The first-order chi connectivity index (χ1) is 8.89. The van der Waals surface area contributed by atoms with E-state index in [1.54, 1.807) is 31.2 Å². The molecule has 0 aliphatic heterocycles. The number of benzene rings is 2. The molecule has 0 bridgehead atoms. The zero-order valence-electron chi connectivity index (χ0n) is 10.1. The third kappa shape index (κ3) is 3.07. The van der Waals surface area contributed by atoms with E-state index < -0.39 is 11.7 Å². The molecule has 0 spiro atoms. The Morgan fingerprint density at radius 2 is 1.58 bits per heavy atom. The minimum atomic E-state index is -4.37. The number of aryl methyl sites for hydroxylation is 1. The molecular weight excluding hydrogens is 272 g/mol. The molecule has 0 radical (unpaired) electrons. The Morgan fingerprint density at radius 1 is 0.947 bits per heavy atom. The molecule has 0 heterocycles. The molecule has 5 heteroatoms. The van der Waals surface area contributed by atoms with Crippen molar-refractivity contribution < 1.29 is 18.3 Å². The van der Waals surface area contributed by atoms with E-state index in [4.69, 9.17) is 0 Å². The molecule has 1 N–H and O–H groups in total. The van der Waals surface area contributed by atoms with Gasteiger partial charge in [0.05, 0.1) is 5.56 Å². The highest BCUT2D eigenvalue weighted by Crippen LogP contribution is 2.32. The summed E-state index contributed by atoms with van der Waals surface area (Å²) < 4.78 is 38.6. The third-order valence-corrected chi connectivity index (χ3v) is 4.12. The number of rotatable bonds is 2. The van der Waals surface area contributed by atoms with Gasteiger partial charge in [-0.25, -0.2) is 0 Å². The summed E-state index contributed by atoms with van der Waals surface area (Å²) in [5, 5.41) is 10.6. The Hall–Kier alpha value is -1.54. The van der Waals surface area contributed by atoms with E-state index in [0.717, 1.165) is 6.07 Å². The molecule has 1 atom stereocenters. The van der Waals surface area contributed by atoms with Crippen LogP contribution in [0.5, 0.6) is 5.75 Å². The Kier molecular flexibility index (Phi) is 3.81. The van der Waals surface area contributed by atoms with Gasteiger partial charge in [-0.3, -0.25) is 0 Å². The van der Waals surface area contributed by atoms with E-state index in [-0.39, 0.29) is 19.6 Å². The average molecular weight is 284 g/mol. The smallest absolute Gasteiger partial charge is 0.417 e. The van der Waals surface area contributed by atoms with E-state index in [2.05, 4.69) is 0 Å².